The average Bonchev–Trinajstić information content (AvgIpc) is 2.95. The molecule has 20 heavy (non-hydrogen) atoms. The molecule has 0 atom stereocenters. The summed E-state index contributed by atoms with van der Waals surface area (Å²) in [5, 5.41) is 7.04. The zero-order chi connectivity index (χ0) is 14.8. The molecule has 110 valence electrons. The van der Waals surface area contributed by atoms with E-state index >= 15 is 0 Å². The van der Waals surface area contributed by atoms with E-state index in [0.29, 0.717) is 10.8 Å². The van der Waals surface area contributed by atoms with E-state index in [2.05, 4.69) is 15.1 Å². The molecule has 8 heteroatoms. The van der Waals surface area contributed by atoms with Crippen LogP contribution < -0.4 is 10.0 Å². The maximum Gasteiger partial charge on any atom is 0.250 e. The minimum Gasteiger partial charge on any atom is -0.315 e. The summed E-state index contributed by atoms with van der Waals surface area (Å²) >= 11 is 1.30. The minimum absolute atomic E-state index is 0.245. The van der Waals surface area contributed by atoms with Gasteiger partial charge in [-0.2, -0.15) is 5.10 Å². The van der Waals surface area contributed by atoms with Gasteiger partial charge in [-0.3, -0.25) is 4.68 Å². The number of rotatable bonds is 6. The quantitative estimate of drug-likeness (QED) is 0.833. The smallest absolute Gasteiger partial charge is 0.250 e. The second kappa shape index (κ2) is 6.04. The lowest BCUT2D eigenvalue weighted by Crippen LogP contribution is -2.22. The fourth-order valence-corrected chi connectivity index (χ4v) is 4.43. The summed E-state index contributed by atoms with van der Waals surface area (Å²) in [6.07, 6.45) is 3.43. The van der Waals surface area contributed by atoms with Gasteiger partial charge in [-0.15, -0.1) is 11.3 Å². The summed E-state index contributed by atoms with van der Waals surface area (Å²) in [7, 11) is 0.172. The maximum atomic E-state index is 12.2. The van der Waals surface area contributed by atoms with Gasteiger partial charge in [-0.05, 0) is 25.6 Å². The average molecular weight is 314 g/mol. The van der Waals surface area contributed by atoms with Crippen LogP contribution in [0.3, 0.4) is 0 Å². The Kier molecular flexibility index (Phi) is 4.59. The minimum atomic E-state index is -3.47. The van der Waals surface area contributed by atoms with Crippen LogP contribution >= 0.6 is 11.3 Å². The first-order chi connectivity index (χ1) is 9.42. The molecule has 2 heterocycles. The zero-order valence-corrected chi connectivity index (χ0v) is 13.3. The van der Waals surface area contributed by atoms with Gasteiger partial charge in [0.05, 0.1) is 6.20 Å². The zero-order valence-electron chi connectivity index (χ0n) is 11.7. The Labute approximate surface area is 122 Å². The number of sulfonamides is 1. The molecule has 0 aliphatic heterocycles. The molecule has 0 bridgehead atoms. The van der Waals surface area contributed by atoms with Gasteiger partial charge in [0.25, 0.3) is 0 Å². The van der Waals surface area contributed by atoms with Crippen LogP contribution in [0.4, 0.5) is 0 Å². The third-order valence-electron chi connectivity index (χ3n) is 2.82. The Hall–Kier alpha value is -1.22. The molecule has 0 radical (unpaired) electrons. The number of hydrogen-bond donors (Lipinski definition) is 2. The molecule has 0 aromatic carbocycles. The third kappa shape index (κ3) is 3.45. The molecule has 2 aromatic heterocycles. The van der Waals surface area contributed by atoms with Crippen molar-refractivity contribution < 1.29 is 8.42 Å². The van der Waals surface area contributed by atoms with Gasteiger partial charge in [-0.25, -0.2) is 13.1 Å². The molecule has 2 rings (SSSR count). The molecular formula is C12H18N4O2S2. The fraction of sp³-hybridized carbons (Fsp3) is 0.417. The molecule has 0 aliphatic rings. The Morgan fingerprint density at radius 3 is 2.75 bits per heavy atom. The molecule has 2 N–H and O–H groups in total. The molecule has 0 saturated heterocycles. The van der Waals surface area contributed by atoms with Crippen LogP contribution in [0.5, 0.6) is 0 Å². The van der Waals surface area contributed by atoms with E-state index < -0.39 is 10.0 Å². The summed E-state index contributed by atoms with van der Waals surface area (Å²) in [5.41, 5.74) is 1.82. The number of aromatic nitrogens is 2. The first-order valence-corrected chi connectivity index (χ1v) is 8.43. The second-order valence-electron chi connectivity index (χ2n) is 4.55. The van der Waals surface area contributed by atoms with Gasteiger partial charge in [-0.1, -0.05) is 0 Å². The first kappa shape index (κ1) is 15.2. The summed E-state index contributed by atoms with van der Waals surface area (Å²) < 4.78 is 29.1. The van der Waals surface area contributed by atoms with Crippen LogP contribution in [0.25, 0.3) is 0 Å². The molecule has 0 spiro atoms. The second-order valence-corrected chi connectivity index (χ2v) is 7.68. The van der Waals surface area contributed by atoms with E-state index in [1.54, 1.807) is 30.2 Å². The van der Waals surface area contributed by atoms with Crippen molar-refractivity contribution in [3.8, 4) is 0 Å². The van der Waals surface area contributed by atoms with Crippen LogP contribution in [0.1, 0.15) is 16.0 Å². The topological polar surface area (TPSA) is 76.0 Å². The Bertz CT molecular complexity index is 688. The monoisotopic (exact) mass is 314 g/mol. The lowest BCUT2D eigenvalue weighted by Gasteiger charge is -2.02. The number of thiophene rings is 1. The Morgan fingerprint density at radius 2 is 2.15 bits per heavy atom. The number of hydrogen-bond acceptors (Lipinski definition) is 5. The lowest BCUT2D eigenvalue weighted by atomic mass is 10.3. The van der Waals surface area contributed by atoms with Crippen LogP contribution in [0.15, 0.2) is 22.7 Å². The highest BCUT2D eigenvalue weighted by Gasteiger charge is 2.18. The normalized spacial score (nSPS) is 11.9. The standard InChI is InChI=1S/C12H18N4O2S2/c1-9-4-12(19-11(9)7-13-2)20(17,18)15-6-10-5-14-16(3)8-10/h4-5,8,13,15H,6-7H2,1-3H3. The van der Waals surface area contributed by atoms with E-state index in [1.165, 1.54) is 11.3 Å². The highest BCUT2D eigenvalue weighted by atomic mass is 32.2. The SMILES string of the molecule is CNCc1sc(S(=O)(=O)NCc2cnn(C)c2)cc1C. The van der Waals surface area contributed by atoms with Crippen LogP contribution in [-0.4, -0.2) is 25.2 Å². The highest BCUT2D eigenvalue weighted by molar-refractivity contribution is 7.91. The van der Waals surface area contributed by atoms with Crippen molar-refractivity contribution in [3.05, 3.63) is 34.5 Å². The van der Waals surface area contributed by atoms with Crippen molar-refractivity contribution in [2.75, 3.05) is 7.05 Å². The summed E-state index contributed by atoms with van der Waals surface area (Å²) in [5.74, 6) is 0. The molecule has 0 unspecified atom stereocenters. The molecule has 0 saturated carbocycles. The predicted octanol–water partition coefficient (Wildman–Crippen LogP) is 0.988. The van der Waals surface area contributed by atoms with Gasteiger partial charge in [0.15, 0.2) is 0 Å². The third-order valence-corrected chi connectivity index (χ3v) is 5.94. The summed E-state index contributed by atoms with van der Waals surface area (Å²) in [6.45, 7) is 2.84. The van der Waals surface area contributed by atoms with Crippen LogP contribution in [0.2, 0.25) is 0 Å². The van der Waals surface area contributed by atoms with E-state index in [-0.39, 0.29) is 6.54 Å². The number of aryl methyl sites for hydroxylation is 2. The molecular weight excluding hydrogens is 296 g/mol. The Balaban J connectivity index is 2.11. The van der Waals surface area contributed by atoms with Crippen molar-refractivity contribution in [1.82, 2.24) is 19.8 Å². The van der Waals surface area contributed by atoms with E-state index in [4.69, 9.17) is 0 Å². The van der Waals surface area contributed by atoms with Crippen molar-refractivity contribution in [1.29, 1.82) is 0 Å². The highest BCUT2D eigenvalue weighted by Crippen LogP contribution is 2.25. The summed E-state index contributed by atoms with van der Waals surface area (Å²) in [6, 6.07) is 1.71. The fourth-order valence-electron chi connectivity index (χ4n) is 1.77. The van der Waals surface area contributed by atoms with Gasteiger partial charge in [0, 0.05) is 36.8 Å². The van der Waals surface area contributed by atoms with Crippen LogP contribution in [0, 0.1) is 6.92 Å². The molecule has 2 aromatic rings. The largest absolute Gasteiger partial charge is 0.315 e. The van der Waals surface area contributed by atoms with Crippen molar-refractivity contribution >= 4 is 21.4 Å². The van der Waals surface area contributed by atoms with E-state index in [0.717, 1.165) is 16.0 Å². The molecule has 0 amide bonds. The maximum absolute atomic E-state index is 12.2. The van der Waals surface area contributed by atoms with Crippen molar-refractivity contribution in [2.45, 2.75) is 24.2 Å². The molecule has 6 nitrogen and oxygen atoms in total. The van der Waals surface area contributed by atoms with E-state index in [1.807, 2.05) is 14.0 Å². The molecule has 0 aliphatic carbocycles. The van der Waals surface area contributed by atoms with Gasteiger partial charge in [0.2, 0.25) is 10.0 Å². The lowest BCUT2D eigenvalue weighted by molar-refractivity contribution is 0.583. The first-order valence-electron chi connectivity index (χ1n) is 6.13. The molecule has 0 fully saturated rings. The van der Waals surface area contributed by atoms with E-state index in [9.17, 15) is 8.42 Å². The van der Waals surface area contributed by atoms with Gasteiger partial charge < -0.3 is 5.32 Å². The number of nitrogens with one attached hydrogen (secondary N) is 2. The van der Waals surface area contributed by atoms with Crippen molar-refractivity contribution in [2.24, 2.45) is 7.05 Å². The predicted molar refractivity (Wildman–Crippen MR) is 79.1 cm³/mol. The van der Waals surface area contributed by atoms with Gasteiger partial charge >= 0.3 is 0 Å². The van der Waals surface area contributed by atoms with Gasteiger partial charge in [0.1, 0.15) is 4.21 Å². The number of nitrogens with zero attached hydrogens (tertiary/aromatic N) is 2. The summed E-state index contributed by atoms with van der Waals surface area (Å²) in [4.78, 5) is 1.04. The Morgan fingerprint density at radius 1 is 1.40 bits per heavy atom. The van der Waals surface area contributed by atoms with Crippen molar-refractivity contribution in [3.63, 3.8) is 0 Å². The van der Waals surface area contributed by atoms with Crippen LogP contribution in [-0.2, 0) is 30.2 Å².